The molecule has 0 radical (unpaired) electrons. The Bertz CT molecular complexity index is 566. The molecule has 1 aromatic heterocycles. The van der Waals surface area contributed by atoms with Crippen molar-refractivity contribution in [1.82, 2.24) is 5.43 Å². The highest BCUT2D eigenvalue weighted by molar-refractivity contribution is 7.10. The highest BCUT2D eigenvalue weighted by atomic mass is 35.5. The summed E-state index contributed by atoms with van der Waals surface area (Å²) in [5.41, 5.74) is 5.92. The fraction of sp³-hybridized carbons (Fsp3) is 0.231. The third-order valence-corrected chi connectivity index (χ3v) is 5.07. The molecule has 1 unspecified atom stereocenters. The maximum Gasteiger partial charge on any atom is 0.0818 e. The highest BCUT2D eigenvalue weighted by Gasteiger charge is 2.19. The molecule has 1 aromatic carbocycles. The standard InChI is InChI=1S/C13H14Cl2N2S/c1-7-3-4-9(5-10(7)14)12(17-16)13-11(15)8(2)6-18-13/h3-6,12,17H,16H2,1-2H3. The van der Waals surface area contributed by atoms with E-state index in [1.165, 1.54) is 0 Å². The predicted octanol–water partition coefficient (Wildman–Crippen LogP) is 4.22. The summed E-state index contributed by atoms with van der Waals surface area (Å²) in [4.78, 5) is 1.01. The lowest BCUT2D eigenvalue weighted by Gasteiger charge is -2.16. The van der Waals surface area contributed by atoms with E-state index in [-0.39, 0.29) is 6.04 Å². The van der Waals surface area contributed by atoms with Crippen LogP contribution in [0, 0.1) is 13.8 Å². The Morgan fingerprint density at radius 2 is 1.94 bits per heavy atom. The van der Waals surface area contributed by atoms with E-state index < -0.39 is 0 Å². The number of rotatable bonds is 3. The number of halogens is 2. The summed E-state index contributed by atoms with van der Waals surface area (Å²) in [5, 5.41) is 3.52. The first-order valence-corrected chi connectivity index (χ1v) is 7.13. The molecule has 1 atom stereocenters. The molecular formula is C13H14Cl2N2S. The average molecular weight is 301 g/mol. The van der Waals surface area contributed by atoms with Crippen LogP contribution in [0.3, 0.4) is 0 Å². The van der Waals surface area contributed by atoms with E-state index in [1.807, 2.05) is 37.4 Å². The van der Waals surface area contributed by atoms with E-state index in [4.69, 9.17) is 29.0 Å². The van der Waals surface area contributed by atoms with Crippen molar-refractivity contribution in [3.63, 3.8) is 0 Å². The van der Waals surface area contributed by atoms with Crippen molar-refractivity contribution in [2.45, 2.75) is 19.9 Å². The van der Waals surface area contributed by atoms with Crippen LogP contribution in [0.2, 0.25) is 10.0 Å². The van der Waals surface area contributed by atoms with Crippen LogP contribution < -0.4 is 11.3 Å². The molecule has 0 saturated carbocycles. The minimum absolute atomic E-state index is 0.130. The van der Waals surface area contributed by atoms with Crippen LogP contribution in [0.5, 0.6) is 0 Å². The first kappa shape index (κ1) is 13.8. The lowest BCUT2D eigenvalue weighted by Crippen LogP contribution is -2.28. The predicted molar refractivity (Wildman–Crippen MR) is 79.4 cm³/mol. The van der Waals surface area contributed by atoms with Gasteiger partial charge in [0.05, 0.1) is 11.1 Å². The van der Waals surface area contributed by atoms with Crippen molar-refractivity contribution < 1.29 is 0 Å². The van der Waals surface area contributed by atoms with Crippen molar-refractivity contribution >= 4 is 34.5 Å². The van der Waals surface area contributed by atoms with E-state index in [2.05, 4.69) is 5.43 Å². The van der Waals surface area contributed by atoms with Gasteiger partial charge in [0.25, 0.3) is 0 Å². The van der Waals surface area contributed by atoms with E-state index in [1.54, 1.807) is 11.3 Å². The van der Waals surface area contributed by atoms with Gasteiger partial charge in [-0.1, -0.05) is 35.3 Å². The van der Waals surface area contributed by atoms with Crippen LogP contribution in [0.15, 0.2) is 23.6 Å². The average Bonchev–Trinajstić information content (AvgIpc) is 2.67. The molecule has 5 heteroatoms. The van der Waals surface area contributed by atoms with E-state index in [9.17, 15) is 0 Å². The van der Waals surface area contributed by atoms with Crippen molar-refractivity contribution in [3.05, 3.63) is 55.2 Å². The maximum atomic E-state index is 6.29. The largest absolute Gasteiger partial charge is 0.271 e. The van der Waals surface area contributed by atoms with Crippen LogP contribution in [0.4, 0.5) is 0 Å². The molecular weight excluding hydrogens is 287 g/mol. The minimum Gasteiger partial charge on any atom is -0.271 e. The van der Waals surface area contributed by atoms with Crippen molar-refractivity contribution in [3.8, 4) is 0 Å². The summed E-state index contributed by atoms with van der Waals surface area (Å²) < 4.78 is 0. The van der Waals surface area contributed by atoms with Gasteiger partial charge in [0.2, 0.25) is 0 Å². The third kappa shape index (κ3) is 2.56. The minimum atomic E-state index is -0.130. The van der Waals surface area contributed by atoms with Crippen LogP contribution in [-0.2, 0) is 0 Å². The molecule has 0 saturated heterocycles. The van der Waals surface area contributed by atoms with Crippen LogP contribution in [0.1, 0.15) is 27.6 Å². The summed E-state index contributed by atoms with van der Waals surface area (Å²) in [6.07, 6.45) is 0. The zero-order valence-electron chi connectivity index (χ0n) is 10.1. The van der Waals surface area contributed by atoms with Gasteiger partial charge in [-0.2, -0.15) is 0 Å². The van der Waals surface area contributed by atoms with Gasteiger partial charge in [-0.3, -0.25) is 5.84 Å². The number of thiophene rings is 1. The number of hydrogen-bond donors (Lipinski definition) is 2. The molecule has 2 aromatic rings. The van der Waals surface area contributed by atoms with Crippen molar-refractivity contribution in [2.24, 2.45) is 5.84 Å². The van der Waals surface area contributed by atoms with E-state index >= 15 is 0 Å². The van der Waals surface area contributed by atoms with Gasteiger partial charge in [-0.25, -0.2) is 5.43 Å². The third-order valence-electron chi connectivity index (χ3n) is 2.88. The fourth-order valence-corrected chi connectivity index (χ4v) is 3.33. The summed E-state index contributed by atoms with van der Waals surface area (Å²) in [5.74, 6) is 5.66. The lowest BCUT2D eigenvalue weighted by molar-refractivity contribution is 0.646. The number of benzene rings is 1. The highest BCUT2D eigenvalue weighted by Crippen LogP contribution is 2.36. The molecule has 0 aliphatic heterocycles. The van der Waals surface area contributed by atoms with Gasteiger partial charge in [-0.15, -0.1) is 11.3 Å². The van der Waals surface area contributed by atoms with E-state index in [0.29, 0.717) is 0 Å². The normalized spacial score (nSPS) is 12.7. The topological polar surface area (TPSA) is 38.0 Å². The zero-order chi connectivity index (χ0) is 13.3. The fourth-order valence-electron chi connectivity index (χ4n) is 1.76. The first-order chi connectivity index (χ1) is 8.54. The number of aryl methyl sites for hydroxylation is 2. The molecule has 2 rings (SSSR count). The molecule has 0 fully saturated rings. The second kappa shape index (κ2) is 5.59. The molecule has 2 nitrogen and oxygen atoms in total. The Morgan fingerprint density at radius 1 is 1.22 bits per heavy atom. The molecule has 18 heavy (non-hydrogen) atoms. The summed E-state index contributed by atoms with van der Waals surface area (Å²) in [6, 6.07) is 5.79. The second-order valence-electron chi connectivity index (χ2n) is 4.21. The van der Waals surface area contributed by atoms with Crippen molar-refractivity contribution in [2.75, 3.05) is 0 Å². The van der Waals surface area contributed by atoms with Crippen LogP contribution in [0.25, 0.3) is 0 Å². The Kier molecular flexibility index (Phi) is 4.30. The first-order valence-electron chi connectivity index (χ1n) is 5.50. The van der Waals surface area contributed by atoms with Gasteiger partial charge in [-0.05, 0) is 42.0 Å². The second-order valence-corrected chi connectivity index (χ2v) is 5.90. The van der Waals surface area contributed by atoms with Gasteiger partial charge in [0.15, 0.2) is 0 Å². The summed E-state index contributed by atoms with van der Waals surface area (Å²) in [6.45, 7) is 3.96. The summed E-state index contributed by atoms with van der Waals surface area (Å²) in [7, 11) is 0. The smallest absolute Gasteiger partial charge is 0.0818 e. The van der Waals surface area contributed by atoms with Crippen LogP contribution in [-0.4, -0.2) is 0 Å². The molecule has 3 N–H and O–H groups in total. The quantitative estimate of drug-likeness (QED) is 0.658. The monoisotopic (exact) mass is 300 g/mol. The van der Waals surface area contributed by atoms with E-state index in [0.717, 1.165) is 31.6 Å². The number of hydrogen-bond acceptors (Lipinski definition) is 3. The van der Waals surface area contributed by atoms with Gasteiger partial charge < -0.3 is 0 Å². The number of nitrogens with two attached hydrogens (primary N) is 1. The Labute approximate surface area is 121 Å². The molecule has 0 bridgehead atoms. The lowest BCUT2D eigenvalue weighted by atomic mass is 10.0. The molecule has 96 valence electrons. The molecule has 0 aliphatic carbocycles. The Morgan fingerprint density at radius 3 is 2.44 bits per heavy atom. The van der Waals surface area contributed by atoms with Gasteiger partial charge in [0.1, 0.15) is 0 Å². The Balaban J connectivity index is 2.45. The Hall–Kier alpha value is -0.580. The summed E-state index contributed by atoms with van der Waals surface area (Å²) >= 11 is 14.0. The molecule has 0 aliphatic rings. The molecule has 0 amide bonds. The van der Waals surface area contributed by atoms with Crippen molar-refractivity contribution in [1.29, 1.82) is 0 Å². The number of nitrogens with one attached hydrogen (secondary N) is 1. The van der Waals surface area contributed by atoms with Gasteiger partial charge >= 0.3 is 0 Å². The molecule has 1 heterocycles. The zero-order valence-corrected chi connectivity index (χ0v) is 12.5. The number of hydrazine groups is 1. The molecule has 0 spiro atoms. The maximum absolute atomic E-state index is 6.29. The van der Waals surface area contributed by atoms with Crippen LogP contribution >= 0.6 is 34.5 Å². The van der Waals surface area contributed by atoms with Gasteiger partial charge in [0, 0.05) is 9.90 Å². The SMILES string of the molecule is Cc1ccc(C(NN)c2scc(C)c2Cl)cc1Cl.